The second-order valence-electron chi connectivity index (χ2n) is 3.19. The summed E-state index contributed by atoms with van der Waals surface area (Å²) in [5.74, 6) is 0. The summed E-state index contributed by atoms with van der Waals surface area (Å²) >= 11 is 6.87. The largest absolute Gasteiger partial charge is 0.0928 e. The van der Waals surface area contributed by atoms with Crippen molar-refractivity contribution in [2.24, 2.45) is 0 Å². The summed E-state index contributed by atoms with van der Waals surface area (Å²) in [5.41, 5.74) is 0. The third-order valence-electron chi connectivity index (χ3n) is 1.93. The van der Waals surface area contributed by atoms with Crippen molar-refractivity contribution in [1.82, 2.24) is 0 Å². The van der Waals surface area contributed by atoms with Crippen LogP contribution >= 0.6 is 31.9 Å². The molecule has 0 saturated heterocycles. The van der Waals surface area contributed by atoms with Crippen LogP contribution in [0.25, 0.3) is 0 Å². The fourth-order valence-electron chi connectivity index (χ4n) is 1.13. The summed E-state index contributed by atoms with van der Waals surface area (Å²) in [6, 6.07) is 0. The van der Waals surface area contributed by atoms with Crippen LogP contribution in [-0.4, -0.2) is 10.7 Å². The number of halogens is 2. The molecule has 0 spiro atoms. The van der Waals surface area contributed by atoms with Gasteiger partial charge in [-0.1, -0.05) is 50.4 Å². The second kappa shape index (κ2) is 12.7. The molecule has 0 aliphatic carbocycles. The van der Waals surface area contributed by atoms with Crippen molar-refractivity contribution in [3.63, 3.8) is 0 Å². The Morgan fingerprint density at radius 3 is 1.62 bits per heavy atom. The van der Waals surface area contributed by atoms with Gasteiger partial charge in [-0.3, -0.25) is 0 Å². The average molecular weight is 312 g/mol. The van der Waals surface area contributed by atoms with Crippen LogP contribution in [0, 0.1) is 0 Å². The molecule has 0 saturated carbocycles. The van der Waals surface area contributed by atoms with Crippen LogP contribution in [0.5, 0.6) is 0 Å². The molecule has 0 N–H and O–H groups in total. The monoisotopic (exact) mass is 310 g/mol. The van der Waals surface area contributed by atoms with E-state index < -0.39 is 0 Å². The zero-order chi connectivity index (χ0) is 9.78. The molecule has 0 aliphatic heterocycles. The topological polar surface area (TPSA) is 0 Å². The molecule has 0 aromatic carbocycles. The van der Waals surface area contributed by atoms with Gasteiger partial charge in [0.25, 0.3) is 0 Å². The number of unbranched alkanes of at least 4 members (excludes halogenated alkanes) is 5. The fourth-order valence-corrected chi connectivity index (χ4v) is 1.92. The predicted octanol–water partition coefficient (Wildman–Crippen LogP) is 5.06. The molecule has 0 fully saturated rings. The first kappa shape index (κ1) is 13.7. The van der Waals surface area contributed by atoms with Gasteiger partial charge in [0.05, 0.1) is 0 Å². The van der Waals surface area contributed by atoms with E-state index in [1.54, 1.807) is 0 Å². The first-order chi connectivity index (χ1) is 6.41. The Morgan fingerprint density at radius 2 is 1.08 bits per heavy atom. The second-order valence-corrected chi connectivity index (χ2v) is 4.78. The summed E-state index contributed by atoms with van der Waals surface area (Å²) in [6.07, 6.45) is 13.8. The van der Waals surface area contributed by atoms with Gasteiger partial charge in [0, 0.05) is 10.7 Å². The van der Waals surface area contributed by atoms with Gasteiger partial charge in [0.15, 0.2) is 0 Å². The fraction of sp³-hybridized carbons (Fsp3) is 0.818. The maximum atomic E-state index is 3.44. The van der Waals surface area contributed by atoms with Crippen molar-refractivity contribution >= 4 is 31.9 Å². The van der Waals surface area contributed by atoms with Crippen LogP contribution in [0.15, 0.2) is 12.2 Å². The molecule has 0 bridgehead atoms. The minimum absolute atomic E-state index is 1.14. The van der Waals surface area contributed by atoms with E-state index in [-0.39, 0.29) is 0 Å². The number of allylic oxidation sites excluding steroid dienone is 2. The van der Waals surface area contributed by atoms with E-state index >= 15 is 0 Å². The SMILES string of the molecule is BrCCCC/C=C/CCCCCBr. The maximum absolute atomic E-state index is 3.44. The lowest BCUT2D eigenvalue weighted by Crippen LogP contribution is -1.77. The van der Waals surface area contributed by atoms with Gasteiger partial charge >= 0.3 is 0 Å². The minimum Gasteiger partial charge on any atom is -0.0928 e. The van der Waals surface area contributed by atoms with Crippen LogP contribution in [0.3, 0.4) is 0 Å². The van der Waals surface area contributed by atoms with Gasteiger partial charge in [-0.05, 0) is 38.5 Å². The maximum Gasteiger partial charge on any atom is 0.00314 e. The minimum atomic E-state index is 1.14. The molecule has 0 amide bonds. The predicted molar refractivity (Wildman–Crippen MR) is 69.0 cm³/mol. The number of hydrogen-bond acceptors (Lipinski definition) is 0. The van der Waals surface area contributed by atoms with E-state index in [0.717, 1.165) is 10.7 Å². The molecule has 0 aromatic rings. The third kappa shape index (κ3) is 12.7. The molecule has 0 unspecified atom stereocenters. The number of rotatable bonds is 9. The molecular weight excluding hydrogens is 292 g/mol. The summed E-state index contributed by atoms with van der Waals surface area (Å²) < 4.78 is 0. The molecule has 78 valence electrons. The van der Waals surface area contributed by atoms with Crippen molar-refractivity contribution in [3.8, 4) is 0 Å². The number of hydrogen-bond donors (Lipinski definition) is 0. The molecule has 0 aromatic heterocycles. The van der Waals surface area contributed by atoms with Crippen LogP contribution in [0.2, 0.25) is 0 Å². The molecule has 0 aliphatic rings. The Morgan fingerprint density at radius 1 is 0.615 bits per heavy atom. The molecule has 0 rings (SSSR count). The third-order valence-corrected chi connectivity index (χ3v) is 3.05. The lowest BCUT2D eigenvalue weighted by atomic mass is 10.2. The highest BCUT2D eigenvalue weighted by atomic mass is 79.9. The van der Waals surface area contributed by atoms with Crippen molar-refractivity contribution in [2.45, 2.75) is 44.9 Å². The van der Waals surface area contributed by atoms with Crippen LogP contribution in [-0.2, 0) is 0 Å². The van der Waals surface area contributed by atoms with Gasteiger partial charge in [-0.15, -0.1) is 0 Å². The van der Waals surface area contributed by atoms with E-state index in [2.05, 4.69) is 44.0 Å². The molecule has 0 atom stereocenters. The highest BCUT2D eigenvalue weighted by molar-refractivity contribution is 9.09. The highest BCUT2D eigenvalue weighted by Gasteiger charge is 1.85. The van der Waals surface area contributed by atoms with Crippen LogP contribution in [0.4, 0.5) is 0 Å². The molecule has 0 radical (unpaired) electrons. The van der Waals surface area contributed by atoms with E-state index in [9.17, 15) is 0 Å². The van der Waals surface area contributed by atoms with Gasteiger partial charge in [-0.2, -0.15) is 0 Å². The Bertz CT molecular complexity index is 111. The average Bonchev–Trinajstić information content (AvgIpc) is 2.16. The smallest absolute Gasteiger partial charge is 0.00314 e. The van der Waals surface area contributed by atoms with E-state index in [1.165, 1.54) is 44.9 Å². The van der Waals surface area contributed by atoms with Gasteiger partial charge in [-0.25, -0.2) is 0 Å². The standard InChI is InChI=1S/C11H20Br2/c12-10-8-6-4-2-1-3-5-7-9-11-13/h1-2H,3-11H2/b2-1+. The first-order valence-corrected chi connectivity index (χ1v) is 7.43. The van der Waals surface area contributed by atoms with E-state index in [1.807, 2.05) is 0 Å². The van der Waals surface area contributed by atoms with E-state index in [0.29, 0.717) is 0 Å². The lowest BCUT2D eigenvalue weighted by Gasteiger charge is -1.94. The number of alkyl halides is 2. The highest BCUT2D eigenvalue weighted by Crippen LogP contribution is 2.04. The molecular formula is C11H20Br2. The normalized spacial score (nSPS) is 11.2. The summed E-state index contributed by atoms with van der Waals surface area (Å²) in [5, 5.41) is 2.30. The molecule has 2 heteroatoms. The van der Waals surface area contributed by atoms with Crippen molar-refractivity contribution in [1.29, 1.82) is 0 Å². The van der Waals surface area contributed by atoms with Crippen molar-refractivity contribution in [2.75, 3.05) is 10.7 Å². The van der Waals surface area contributed by atoms with Gasteiger partial charge < -0.3 is 0 Å². The van der Waals surface area contributed by atoms with Gasteiger partial charge in [0.2, 0.25) is 0 Å². The Hall–Kier alpha value is 0.700. The van der Waals surface area contributed by atoms with Crippen LogP contribution < -0.4 is 0 Å². The van der Waals surface area contributed by atoms with Crippen molar-refractivity contribution < 1.29 is 0 Å². The van der Waals surface area contributed by atoms with E-state index in [4.69, 9.17) is 0 Å². The zero-order valence-corrected chi connectivity index (χ0v) is 11.4. The molecule has 0 heterocycles. The first-order valence-electron chi connectivity index (χ1n) is 5.18. The lowest BCUT2D eigenvalue weighted by molar-refractivity contribution is 0.733. The summed E-state index contributed by atoms with van der Waals surface area (Å²) in [6.45, 7) is 0. The van der Waals surface area contributed by atoms with Crippen molar-refractivity contribution in [3.05, 3.63) is 12.2 Å². The quantitative estimate of drug-likeness (QED) is 0.317. The Labute approximate surface area is 99.4 Å². The van der Waals surface area contributed by atoms with Gasteiger partial charge in [0.1, 0.15) is 0 Å². The summed E-state index contributed by atoms with van der Waals surface area (Å²) in [4.78, 5) is 0. The molecule has 0 nitrogen and oxygen atoms in total. The zero-order valence-electron chi connectivity index (χ0n) is 8.27. The van der Waals surface area contributed by atoms with Crippen LogP contribution in [0.1, 0.15) is 44.9 Å². The Kier molecular flexibility index (Phi) is 13.4. The summed E-state index contributed by atoms with van der Waals surface area (Å²) in [7, 11) is 0. The Balaban J connectivity index is 2.95. The molecule has 13 heavy (non-hydrogen) atoms.